The third-order valence-electron chi connectivity index (χ3n) is 3.00. The van der Waals surface area contributed by atoms with E-state index in [0.29, 0.717) is 6.54 Å². The van der Waals surface area contributed by atoms with E-state index < -0.39 is 0 Å². The highest BCUT2D eigenvalue weighted by Gasteiger charge is 2.10. The lowest BCUT2D eigenvalue weighted by molar-refractivity contribution is 0.651. The molecule has 4 nitrogen and oxygen atoms in total. The Labute approximate surface area is 108 Å². The summed E-state index contributed by atoms with van der Waals surface area (Å²) in [6.07, 6.45) is 1.81. The highest BCUT2D eigenvalue weighted by Crippen LogP contribution is 2.18. The Hall–Kier alpha value is -1.88. The van der Waals surface area contributed by atoms with Crippen molar-refractivity contribution < 1.29 is 0 Å². The molecule has 0 aliphatic carbocycles. The molecule has 3 aromatic rings. The first-order chi connectivity index (χ1) is 8.79. The molecule has 92 valence electrons. The zero-order valence-electron chi connectivity index (χ0n) is 10.0. The van der Waals surface area contributed by atoms with Crippen LogP contribution in [0.3, 0.4) is 0 Å². The van der Waals surface area contributed by atoms with Crippen LogP contribution in [0.5, 0.6) is 0 Å². The van der Waals surface area contributed by atoms with E-state index in [2.05, 4.69) is 24.2 Å². The van der Waals surface area contributed by atoms with Gasteiger partial charge in [-0.1, -0.05) is 29.5 Å². The van der Waals surface area contributed by atoms with Crippen molar-refractivity contribution in [2.45, 2.75) is 20.0 Å². The van der Waals surface area contributed by atoms with E-state index >= 15 is 0 Å². The highest BCUT2D eigenvalue weighted by molar-refractivity contribution is 7.07. The Balaban J connectivity index is 2.12. The van der Waals surface area contributed by atoms with Crippen molar-refractivity contribution in [2.24, 2.45) is 0 Å². The maximum absolute atomic E-state index is 11.6. The molecule has 0 atom stereocenters. The van der Waals surface area contributed by atoms with Gasteiger partial charge in [-0.05, 0) is 13.0 Å². The number of thiazole rings is 1. The Morgan fingerprint density at radius 3 is 2.89 bits per heavy atom. The highest BCUT2D eigenvalue weighted by atomic mass is 32.1. The van der Waals surface area contributed by atoms with Gasteiger partial charge in [0, 0.05) is 23.5 Å². The number of benzene rings is 1. The van der Waals surface area contributed by atoms with Gasteiger partial charge in [0.25, 0.3) is 0 Å². The minimum atomic E-state index is 0.0603. The Kier molecular flexibility index (Phi) is 2.76. The molecule has 18 heavy (non-hydrogen) atoms. The fourth-order valence-corrected chi connectivity index (χ4v) is 2.71. The maximum atomic E-state index is 11.6. The molecule has 0 N–H and O–H groups in total. The van der Waals surface area contributed by atoms with E-state index in [0.717, 1.165) is 23.1 Å². The van der Waals surface area contributed by atoms with E-state index in [9.17, 15) is 4.79 Å². The van der Waals surface area contributed by atoms with Crippen molar-refractivity contribution in [3.05, 3.63) is 51.2 Å². The summed E-state index contributed by atoms with van der Waals surface area (Å²) in [6, 6.07) is 8.13. The summed E-state index contributed by atoms with van der Waals surface area (Å²) >= 11 is 1.21. The van der Waals surface area contributed by atoms with E-state index in [4.69, 9.17) is 0 Å². The van der Waals surface area contributed by atoms with Crippen LogP contribution in [-0.2, 0) is 13.1 Å². The summed E-state index contributed by atoms with van der Waals surface area (Å²) in [7, 11) is 0. The van der Waals surface area contributed by atoms with Gasteiger partial charge in [-0.25, -0.2) is 0 Å². The fourth-order valence-electron chi connectivity index (χ4n) is 2.12. The van der Waals surface area contributed by atoms with Crippen molar-refractivity contribution >= 4 is 22.2 Å². The van der Waals surface area contributed by atoms with Gasteiger partial charge in [0.05, 0.1) is 17.8 Å². The first kappa shape index (κ1) is 11.2. The van der Waals surface area contributed by atoms with E-state index in [-0.39, 0.29) is 4.87 Å². The number of fused-ring (bicyclic) bond motifs is 1. The second kappa shape index (κ2) is 4.42. The van der Waals surface area contributed by atoms with Crippen molar-refractivity contribution in [1.29, 1.82) is 0 Å². The second-order valence-electron chi connectivity index (χ2n) is 4.08. The normalized spacial score (nSPS) is 11.2. The molecule has 2 aromatic heterocycles. The SMILES string of the molecule is CCn1nc(Cn2ccsc2=O)c2ccccc21. The second-order valence-corrected chi connectivity index (χ2v) is 4.93. The molecular weight excluding hydrogens is 246 g/mol. The number of hydrogen-bond acceptors (Lipinski definition) is 3. The average molecular weight is 259 g/mol. The van der Waals surface area contributed by atoms with Gasteiger partial charge in [0.2, 0.25) is 0 Å². The lowest BCUT2D eigenvalue weighted by Crippen LogP contribution is -2.13. The zero-order valence-corrected chi connectivity index (χ0v) is 10.9. The first-order valence-corrected chi connectivity index (χ1v) is 6.76. The van der Waals surface area contributed by atoms with Crippen LogP contribution in [-0.4, -0.2) is 14.3 Å². The summed E-state index contributed by atoms with van der Waals surface area (Å²) in [4.78, 5) is 11.6. The van der Waals surface area contributed by atoms with Crippen LogP contribution in [0.4, 0.5) is 0 Å². The number of aryl methyl sites for hydroxylation is 1. The molecule has 0 radical (unpaired) electrons. The predicted octanol–water partition coefficient (Wildman–Crippen LogP) is 2.33. The van der Waals surface area contributed by atoms with Crippen LogP contribution < -0.4 is 4.87 Å². The standard InChI is InChI=1S/C13H13N3OS/c1-2-16-12-6-4-3-5-10(12)11(14-16)9-15-7-8-18-13(15)17/h3-8H,2,9H2,1H3. The molecule has 1 aromatic carbocycles. The van der Waals surface area contributed by atoms with Crippen LogP contribution >= 0.6 is 11.3 Å². The van der Waals surface area contributed by atoms with E-state index in [1.807, 2.05) is 23.0 Å². The van der Waals surface area contributed by atoms with E-state index in [1.54, 1.807) is 9.95 Å². The minimum Gasteiger partial charge on any atom is -0.300 e. The number of hydrogen-bond donors (Lipinski definition) is 0. The summed E-state index contributed by atoms with van der Waals surface area (Å²) < 4.78 is 3.67. The fraction of sp³-hybridized carbons (Fsp3) is 0.231. The van der Waals surface area contributed by atoms with Crippen molar-refractivity contribution in [1.82, 2.24) is 14.3 Å². The van der Waals surface area contributed by atoms with Crippen molar-refractivity contribution in [2.75, 3.05) is 0 Å². The number of aromatic nitrogens is 3. The topological polar surface area (TPSA) is 39.8 Å². The molecule has 3 rings (SSSR count). The Morgan fingerprint density at radius 2 is 2.17 bits per heavy atom. The van der Waals surface area contributed by atoms with Gasteiger partial charge in [-0.2, -0.15) is 5.10 Å². The van der Waals surface area contributed by atoms with Crippen LogP contribution in [0, 0.1) is 0 Å². The monoisotopic (exact) mass is 259 g/mol. The van der Waals surface area contributed by atoms with Crippen LogP contribution in [0.15, 0.2) is 40.6 Å². The van der Waals surface area contributed by atoms with Crippen LogP contribution in [0.25, 0.3) is 10.9 Å². The summed E-state index contributed by atoms with van der Waals surface area (Å²) in [6.45, 7) is 3.44. The van der Waals surface area contributed by atoms with Gasteiger partial charge in [0.1, 0.15) is 0 Å². The molecule has 0 aliphatic rings. The molecule has 0 aliphatic heterocycles. The van der Waals surface area contributed by atoms with Gasteiger partial charge in [-0.15, -0.1) is 0 Å². The third kappa shape index (κ3) is 1.76. The number of nitrogens with zero attached hydrogens (tertiary/aromatic N) is 3. The molecule has 0 fully saturated rings. The van der Waals surface area contributed by atoms with Crippen molar-refractivity contribution in [3.63, 3.8) is 0 Å². The summed E-state index contributed by atoms with van der Waals surface area (Å²) in [5.74, 6) is 0. The lowest BCUT2D eigenvalue weighted by Gasteiger charge is -1.97. The molecular formula is C13H13N3OS. The largest absolute Gasteiger partial charge is 0.307 e. The van der Waals surface area contributed by atoms with Crippen LogP contribution in [0.2, 0.25) is 0 Å². The van der Waals surface area contributed by atoms with Gasteiger partial charge < -0.3 is 0 Å². The predicted molar refractivity (Wildman–Crippen MR) is 73.1 cm³/mol. The first-order valence-electron chi connectivity index (χ1n) is 5.88. The summed E-state index contributed by atoms with van der Waals surface area (Å²) in [5, 5.41) is 7.51. The molecule has 0 spiro atoms. The average Bonchev–Trinajstić information content (AvgIpc) is 2.95. The van der Waals surface area contributed by atoms with Gasteiger partial charge >= 0.3 is 4.87 Å². The molecule has 0 unspecified atom stereocenters. The van der Waals surface area contributed by atoms with Crippen molar-refractivity contribution in [3.8, 4) is 0 Å². The molecule has 0 saturated carbocycles. The lowest BCUT2D eigenvalue weighted by atomic mass is 10.2. The van der Waals surface area contributed by atoms with Crippen LogP contribution in [0.1, 0.15) is 12.6 Å². The number of rotatable bonds is 3. The van der Waals surface area contributed by atoms with Gasteiger partial charge in [0.15, 0.2) is 0 Å². The third-order valence-corrected chi connectivity index (χ3v) is 3.69. The molecule has 2 heterocycles. The molecule has 0 bridgehead atoms. The smallest absolute Gasteiger partial charge is 0.300 e. The van der Waals surface area contributed by atoms with Gasteiger partial charge in [-0.3, -0.25) is 14.0 Å². The Morgan fingerprint density at radius 1 is 1.33 bits per heavy atom. The molecule has 0 amide bonds. The zero-order chi connectivity index (χ0) is 12.5. The quantitative estimate of drug-likeness (QED) is 0.724. The summed E-state index contributed by atoms with van der Waals surface area (Å²) in [5.41, 5.74) is 2.08. The number of para-hydroxylation sites is 1. The maximum Gasteiger partial charge on any atom is 0.307 e. The van der Waals surface area contributed by atoms with E-state index in [1.165, 1.54) is 11.3 Å². The minimum absolute atomic E-state index is 0.0603. The molecule has 5 heteroatoms. The molecule has 0 saturated heterocycles. The Bertz CT molecular complexity index is 738.